The van der Waals surface area contributed by atoms with Gasteiger partial charge in [-0.2, -0.15) is 90.8 Å². The largest absolute Gasteiger partial charge is 0.416 e. The zero-order valence-corrected chi connectivity index (χ0v) is 65.2. The minimum absolute atomic E-state index is 0.00158. The zero-order chi connectivity index (χ0) is 84.8. The average molecular weight is 1700 g/mol. The molecule has 12 rings (SSSR count). The van der Waals surface area contributed by atoms with E-state index in [0.717, 1.165) is 35.0 Å². The zero-order valence-electron chi connectivity index (χ0n) is 62.8. The van der Waals surface area contributed by atoms with Gasteiger partial charge in [-0.05, 0) is 154 Å². The predicted molar refractivity (Wildman–Crippen MR) is 390 cm³/mol. The fourth-order valence-corrected chi connectivity index (χ4v) is 20.0. The summed E-state index contributed by atoms with van der Waals surface area (Å²) in [4.78, 5) is 43.7. The highest BCUT2D eigenvalue weighted by Gasteiger charge is 2.58. The number of carbonyl (C=O) groups is 3. The van der Waals surface area contributed by atoms with Gasteiger partial charge in [0.2, 0.25) is 17.7 Å². The Labute approximate surface area is 656 Å². The lowest BCUT2D eigenvalue weighted by Gasteiger charge is -2.57. The Morgan fingerprint density at radius 1 is 0.374 bits per heavy atom. The number of piperidine rings is 3. The van der Waals surface area contributed by atoms with Gasteiger partial charge in [-0.15, -0.1) is 0 Å². The van der Waals surface area contributed by atoms with Gasteiger partial charge in [0.1, 0.15) is 19.7 Å². The highest BCUT2D eigenvalue weighted by Crippen LogP contribution is 2.50. The summed E-state index contributed by atoms with van der Waals surface area (Å²) in [5.74, 6) is -0.705. The van der Waals surface area contributed by atoms with E-state index >= 15 is 0 Å². The predicted octanol–water partition coefficient (Wildman–Crippen LogP) is 15.4. The highest BCUT2D eigenvalue weighted by molar-refractivity contribution is 7.98. The minimum Gasteiger partial charge on any atom is -0.372 e. The molecule has 3 amide bonds. The van der Waals surface area contributed by atoms with Crippen LogP contribution >= 0.6 is 11.8 Å². The lowest BCUT2D eigenvalue weighted by Crippen LogP contribution is -2.73. The van der Waals surface area contributed by atoms with Crippen LogP contribution in [0.15, 0.2) is 146 Å². The summed E-state index contributed by atoms with van der Waals surface area (Å²) in [6, 6.07) is 31.4. The third kappa shape index (κ3) is 21.3. The Morgan fingerprint density at radius 2 is 0.600 bits per heavy atom. The number of benzene rings is 6. The molecule has 0 saturated carbocycles. The SMILES string of the molecule is CSC[C@]12CC[C@@](CO[C@H](C)c3cc(C(F)(F)F)cc(C(F)(F)F)c3)(c3ccccc3)N(CC(=O)N1)C2.C[C@@H](OC[C@@]1(c2ccccc2)CC[C@]2(CS(C)(=O)=O)CN1CC(=O)N2)c1cc(C(F)(F)F)cc(C(F)(F)F)c1.C[C@@H](OC[C@@]1(c2ccccc2)CC[C@]2(CS(C)(=O)=O)CN1CC(=O)N2)c1cc(C(F)(F)F)cc(C(F)(F)F)c1. The van der Waals surface area contributed by atoms with E-state index in [1.165, 1.54) is 20.8 Å². The number of amides is 3. The summed E-state index contributed by atoms with van der Waals surface area (Å²) in [7, 11) is -6.92. The molecule has 3 N–H and O–H groups in total. The molecule has 3 unspecified atom stereocenters. The Hall–Kier alpha value is -7.52. The van der Waals surface area contributed by atoms with Crippen molar-refractivity contribution in [1.82, 2.24) is 30.7 Å². The van der Waals surface area contributed by atoms with Crippen molar-refractivity contribution in [3.63, 3.8) is 0 Å². The van der Waals surface area contributed by atoms with Crippen molar-refractivity contribution in [3.8, 4) is 0 Å². The molecule has 0 aliphatic carbocycles. The number of nitrogens with one attached hydrogen (secondary N) is 3. The van der Waals surface area contributed by atoms with Gasteiger partial charge in [0, 0.05) is 37.9 Å². The van der Waals surface area contributed by atoms with Crippen LogP contribution in [0.4, 0.5) is 79.0 Å². The molecule has 6 aromatic carbocycles. The van der Waals surface area contributed by atoms with Gasteiger partial charge >= 0.3 is 37.1 Å². The maximum absolute atomic E-state index is 13.4. The summed E-state index contributed by atoms with van der Waals surface area (Å²) >= 11 is 1.63. The standard InChI is InChI=1S/2C26H28F6N2O4S.C26H28F6N2O2S/c2*1-17(18-10-20(25(27,28)29)12-21(11-18)26(30,31)32)38-15-24(19-6-4-3-5-7-19)9-8-23(16-39(2,36)37)14-34(24)13-22(35)33-23;1-17(18-10-20(25(27,28)29)12-21(11-18)26(30,31)32)36-15-24(19-6-4-3-5-7-19)9-8-23(16-37-2)14-34(24)13-22(35)33-23/h2*3-7,10-12,17H,8-9,13-16H2,1-2H3,(H,33,35);3-7,10-12,17H,8-9,13-16H2,1-2H3,(H,33,35)/t3*17-,23-,24-/m111/s1. The third-order valence-corrected chi connectivity index (χ3v) is 24.9. The topological polar surface area (TPSA) is 193 Å². The van der Waals surface area contributed by atoms with Gasteiger partial charge < -0.3 is 30.2 Å². The first-order chi connectivity index (χ1) is 53.1. The summed E-state index contributed by atoms with van der Waals surface area (Å²) < 4.78 is 308. The van der Waals surface area contributed by atoms with E-state index in [0.29, 0.717) is 68.6 Å². The molecule has 6 heterocycles. The number of carbonyl (C=O) groups excluding carboxylic acids is 3. The van der Waals surface area contributed by atoms with Crippen LogP contribution in [0.1, 0.15) is 144 Å². The summed E-state index contributed by atoms with van der Waals surface area (Å²) in [6.45, 7) is 4.74. The minimum atomic E-state index is -4.99. The number of piperazine rings is 3. The number of rotatable bonds is 21. The molecule has 0 spiro atoms. The summed E-state index contributed by atoms with van der Waals surface area (Å²) in [5.41, 5.74) is -12.1. The van der Waals surface area contributed by atoms with Crippen LogP contribution in [0.2, 0.25) is 0 Å². The number of halogens is 18. The first kappa shape index (κ1) is 89.8. The average Bonchev–Trinajstić information content (AvgIpc) is 0.741. The van der Waals surface area contributed by atoms with Crippen molar-refractivity contribution in [1.29, 1.82) is 0 Å². The lowest BCUT2D eigenvalue weighted by molar-refractivity contribution is -0.145. The van der Waals surface area contributed by atoms with Gasteiger partial charge in [-0.1, -0.05) is 91.0 Å². The molecule has 6 fully saturated rings. The number of hydrogen-bond acceptors (Lipinski definition) is 14. The number of nitrogens with zero attached hydrogens (tertiary/aromatic N) is 3. The monoisotopic (exact) mass is 1700 g/mol. The molecule has 0 aromatic heterocycles. The summed E-state index contributed by atoms with van der Waals surface area (Å²) in [6.07, 6.45) is -26.6. The maximum atomic E-state index is 13.4. The fourth-order valence-electron chi connectivity index (χ4n) is 16.5. The van der Waals surface area contributed by atoms with E-state index in [-0.39, 0.29) is 130 Å². The number of ether oxygens (including phenoxy) is 3. The quantitative estimate of drug-likeness (QED) is 0.0576. The normalized spacial score (nSPS) is 26.8. The second-order valence-electron chi connectivity index (χ2n) is 30.7. The van der Waals surface area contributed by atoms with Gasteiger partial charge in [-0.3, -0.25) is 29.1 Å². The molecule has 6 aliphatic rings. The van der Waals surface area contributed by atoms with Gasteiger partial charge in [-0.25, -0.2) is 16.8 Å². The van der Waals surface area contributed by atoms with Crippen LogP contribution in [0.25, 0.3) is 0 Å². The molecule has 12 atom stereocenters. The second-order valence-corrected chi connectivity index (χ2v) is 35.8. The highest BCUT2D eigenvalue weighted by atomic mass is 32.2. The molecule has 6 aromatic rings. The number of hydrogen-bond donors (Lipinski definition) is 3. The molecular formula is C78H84F18N6O10S3. The van der Waals surface area contributed by atoms with Crippen LogP contribution in [0.3, 0.4) is 0 Å². The number of thioether (sulfide) groups is 1. The van der Waals surface area contributed by atoms with Gasteiger partial charge in [0.15, 0.2) is 0 Å². The van der Waals surface area contributed by atoms with Crippen LogP contribution in [-0.2, 0) is 102 Å². The molecular weight excluding hydrogens is 1620 g/mol. The van der Waals surface area contributed by atoms with Crippen LogP contribution in [0.5, 0.6) is 0 Å². The molecule has 0 radical (unpaired) electrons. The van der Waals surface area contributed by atoms with Crippen LogP contribution < -0.4 is 16.0 Å². The van der Waals surface area contributed by atoms with E-state index in [4.69, 9.17) is 14.2 Å². The first-order valence-electron chi connectivity index (χ1n) is 36.1. The van der Waals surface area contributed by atoms with E-state index in [1.807, 2.05) is 41.5 Å². The molecule has 630 valence electrons. The van der Waals surface area contributed by atoms with Gasteiger partial charge in [0.25, 0.3) is 0 Å². The Balaban J connectivity index is 0.000000182. The maximum Gasteiger partial charge on any atom is 0.416 e. The van der Waals surface area contributed by atoms with Crippen molar-refractivity contribution in [2.45, 2.75) is 148 Å². The third-order valence-electron chi connectivity index (χ3n) is 22.0. The Bertz CT molecular complexity index is 4420. The smallest absolute Gasteiger partial charge is 0.372 e. The second kappa shape index (κ2) is 33.3. The molecule has 37 heteroatoms. The van der Waals surface area contributed by atoms with Crippen molar-refractivity contribution in [2.75, 3.05) is 95.1 Å². The lowest BCUT2D eigenvalue weighted by atomic mass is 9.74. The van der Waals surface area contributed by atoms with Gasteiger partial charge in [0.05, 0.1) is 136 Å². The molecule has 6 aliphatic heterocycles. The molecule has 6 saturated heterocycles. The van der Waals surface area contributed by atoms with Crippen LogP contribution in [-0.4, -0.2) is 161 Å². The van der Waals surface area contributed by atoms with Crippen molar-refractivity contribution >= 4 is 49.2 Å². The molecule has 115 heavy (non-hydrogen) atoms. The number of sulfone groups is 2. The fraction of sp³-hybridized carbons (Fsp3) is 0.500. The van der Waals surface area contributed by atoms with Crippen LogP contribution in [0, 0.1) is 0 Å². The Morgan fingerprint density at radius 3 is 0.826 bits per heavy atom. The van der Waals surface area contributed by atoms with Crippen molar-refractivity contribution < 1.29 is 124 Å². The van der Waals surface area contributed by atoms with E-state index in [1.54, 1.807) is 82.2 Å². The van der Waals surface area contributed by atoms with E-state index < -0.39 is 142 Å². The number of fused-ring (bicyclic) bond motifs is 6. The Kier molecular flexibility index (Phi) is 26.0. The van der Waals surface area contributed by atoms with Crippen molar-refractivity contribution in [3.05, 3.63) is 212 Å². The van der Waals surface area contributed by atoms with E-state index in [2.05, 4.69) is 16.0 Å². The van der Waals surface area contributed by atoms with E-state index in [9.17, 15) is 110 Å². The molecule has 6 bridgehead atoms. The number of alkyl halides is 18. The summed E-state index contributed by atoms with van der Waals surface area (Å²) in [5, 5.41) is 8.78. The molecule has 16 nitrogen and oxygen atoms in total. The van der Waals surface area contributed by atoms with Crippen molar-refractivity contribution in [2.24, 2.45) is 0 Å². The first-order valence-corrected chi connectivity index (χ1v) is 41.6.